The van der Waals surface area contributed by atoms with Crippen molar-refractivity contribution in [1.82, 2.24) is 0 Å². The largest absolute Gasteiger partial charge is 0.381 e. The molecule has 0 amide bonds. The quantitative estimate of drug-likeness (QED) is 0.539. The second kappa shape index (κ2) is 8.42. The van der Waals surface area contributed by atoms with Crippen LogP contribution in [0.15, 0.2) is 0 Å². The summed E-state index contributed by atoms with van der Waals surface area (Å²) >= 11 is 0. The minimum absolute atomic E-state index is 0.555. The van der Waals surface area contributed by atoms with Crippen molar-refractivity contribution in [1.29, 1.82) is 0 Å². The minimum atomic E-state index is -0.741. The predicted octanol–water partition coefficient (Wildman–Crippen LogP) is 3.28. The molecule has 0 fully saturated rings. The van der Waals surface area contributed by atoms with Gasteiger partial charge in [-0.1, -0.05) is 0 Å². The maximum absolute atomic E-state index is 12.3. The molecule has 0 aromatic rings. The van der Waals surface area contributed by atoms with Crippen molar-refractivity contribution in [2.75, 3.05) is 13.2 Å². The van der Waals surface area contributed by atoms with Crippen LogP contribution in [0.1, 0.15) is 39.5 Å². The number of rotatable bonds is 8. The Hall–Kier alpha value is -0.180. The zero-order chi connectivity index (χ0) is 10.1. The maximum Gasteiger partial charge on any atom is 0.0974 e. The van der Waals surface area contributed by atoms with E-state index in [-0.39, 0.29) is 0 Å². The van der Waals surface area contributed by atoms with E-state index in [1.165, 1.54) is 0 Å². The Kier molecular flexibility index (Phi) is 8.30. The third kappa shape index (κ3) is 11.8. The monoisotopic (exact) mass is 194 g/mol. The average Bonchev–Trinajstić information content (AvgIpc) is 2.01. The highest BCUT2D eigenvalue weighted by Gasteiger charge is 1.99. The van der Waals surface area contributed by atoms with Crippen molar-refractivity contribution in [3.8, 4) is 0 Å². The fourth-order valence-electron chi connectivity index (χ4n) is 1.04. The zero-order valence-corrected chi connectivity index (χ0v) is 8.56. The van der Waals surface area contributed by atoms with Gasteiger partial charge in [-0.05, 0) is 39.5 Å². The molecule has 2 unspecified atom stereocenters. The third-order valence-corrected chi connectivity index (χ3v) is 1.78. The van der Waals surface area contributed by atoms with E-state index < -0.39 is 12.3 Å². The molecule has 0 saturated heterocycles. The smallest absolute Gasteiger partial charge is 0.0974 e. The summed E-state index contributed by atoms with van der Waals surface area (Å²) in [6.07, 6.45) is 1.13. The van der Waals surface area contributed by atoms with Crippen LogP contribution in [0.3, 0.4) is 0 Å². The highest BCUT2D eigenvalue weighted by Crippen LogP contribution is 2.03. The van der Waals surface area contributed by atoms with E-state index in [4.69, 9.17) is 4.74 Å². The molecular formula is C10H20F2O. The van der Waals surface area contributed by atoms with Crippen molar-refractivity contribution >= 4 is 0 Å². The van der Waals surface area contributed by atoms with E-state index >= 15 is 0 Å². The lowest BCUT2D eigenvalue weighted by Gasteiger charge is -2.05. The summed E-state index contributed by atoms with van der Waals surface area (Å²) in [5.74, 6) is 0. The topological polar surface area (TPSA) is 9.23 Å². The van der Waals surface area contributed by atoms with Crippen molar-refractivity contribution in [3.63, 3.8) is 0 Å². The van der Waals surface area contributed by atoms with Gasteiger partial charge in [0.1, 0.15) is 0 Å². The van der Waals surface area contributed by atoms with Crippen molar-refractivity contribution in [2.24, 2.45) is 0 Å². The lowest BCUT2D eigenvalue weighted by atomic mass is 10.2. The van der Waals surface area contributed by atoms with Crippen LogP contribution in [-0.2, 0) is 4.74 Å². The van der Waals surface area contributed by atoms with Crippen molar-refractivity contribution < 1.29 is 13.5 Å². The molecule has 0 heterocycles. The predicted molar refractivity (Wildman–Crippen MR) is 50.4 cm³/mol. The summed E-state index contributed by atoms with van der Waals surface area (Å²) < 4.78 is 29.8. The molecule has 0 aliphatic heterocycles. The molecule has 0 aromatic heterocycles. The first-order valence-corrected chi connectivity index (χ1v) is 4.98. The van der Waals surface area contributed by atoms with Gasteiger partial charge in [0, 0.05) is 13.2 Å². The zero-order valence-electron chi connectivity index (χ0n) is 8.56. The van der Waals surface area contributed by atoms with Crippen LogP contribution in [-0.4, -0.2) is 25.6 Å². The summed E-state index contributed by atoms with van der Waals surface area (Å²) in [6.45, 7) is 4.28. The van der Waals surface area contributed by atoms with E-state index in [1.54, 1.807) is 13.8 Å². The summed E-state index contributed by atoms with van der Waals surface area (Å²) in [6, 6.07) is 0. The van der Waals surface area contributed by atoms with Gasteiger partial charge in [-0.25, -0.2) is 8.78 Å². The molecular weight excluding hydrogens is 174 g/mol. The minimum Gasteiger partial charge on any atom is -0.381 e. The van der Waals surface area contributed by atoms with E-state index in [9.17, 15) is 8.78 Å². The van der Waals surface area contributed by atoms with E-state index in [0.29, 0.717) is 26.1 Å². The van der Waals surface area contributed by atoms with Crippen molar-refractivity contribution in [2.45, 2.75) is 51.9 Å². The van der Waals surface area contributed by atoms with Gasteiger partial charge in [0.05, 0.1) is 12.3 Å². The van der Waals surface area contributed by atoms with Crippen LogP contribution in [0.4, 0.5) is 8.78 Å². The molecule has 2 atom stereocenters. The Morgan fingerprint density at radius 1 is 0.923 bits per heavy atom. The Morgan fingerprint density at radius 3 is 1.62 bits per heavy atom. The summed E-state index contributed by atoms with van der Waals surface area (Å²) in [5, 5.41) is 0. The van der Waals surface area contributed by atoms with E-state index in [2.05, 4.69) is 0 Å². The molecule has 0 rings (SSSR count). The molecule has 0 aromatic carbocycles. The van der Waals surface area contributed by atoms with Crippen LogP contribution in [0, 0.1) is 0 Å². The Labute approximate surface area is 79.5 Å². The molecule has 0 aliphatic rings. The summed E-state index contributed by atoms with van der Waals surface area (Å²) in [5.41, 5.74) is 0. The molecule has 0 spiro atoms. The standard InChI is InChI=1S/C10H20F2O/c1-9(11)5-3-7-13-8-4-6-10(2)12/h9-10H,3-8H2,1-2H3. The molecule has 0 aliphatic carbocycles. The van der Waals surface area contributed by atoms with Gasteiger partial charge >= 0.3 is 0 Å². The van der Waals surface area contributed by atoms with Crippen LogP contribution < -0.4 is 0 Å². The van der Waals surface area contributed by atoms with Gasteiger partial charge < -0.3 is 4.74 Å². The second-order valence-electron chi connectivity index (χ2n) is 3.46. The molecule has 3 heteroatoms. The lowest BCUT2D eigenvalue weighted by molar-refractivity contribution is 0.116. The van der Waals surface area contributed by atoms with Gasteiger partial charge in [-0.2, -0.15) is 0 Å². The van der Waals surface area contributed by atoms with Crippen LogP contribution in [0.25, 0.3) is 0 Å². The Morgan fingerprint density at radius 2 is 1.31 bits per heavy atom. The second-order valence-corrected chi connectivity index (χ2v) is 3.46. The number of halogens is 2. The molecule has 13 heavy (non-hydrogen) atoms. The van der Waals surface area contributed by atoms with Crippen LogP contribution in [0.5, 0.6) is 0 Å². The number of alkyl halides is 2. The Bertz CT molecular complexity index is 93.1. The molecule has 0 N–H and O–H groups in total. The first-order chi connectivity index (χ1) is 6.13. The normalized spacial score (nSPS) is 15.7. The van der Waals surface area contributed by atoms with E-state index in [0.717, 1.165) is 12.8 Å². The van der Waals surface area contributed by atoms with E-state index in [1.807, 2.05) is 0 Å². The maximum atomic E-state index is 12.3. The highest BCUT2D eigenvalue weighted by atomic mass is 19.1. The summed E-state index contributed by atoms with van der Waals surface area (Å²) in [7, 11) is 0. The number of hydrogen-bond acceptors (Lipinski definition) is 1. The third-order valence-electron chi connectivity index (χ3n) is 1.78. The van der Waals surface area contributed by atoms with Gasteiger partial charge in [0.25, 0.3) is 0 Å². The molecule has 0 bridgehead atoms. The van der Waals surface area contributed by atoms with Crippen LogP contribution in [0.2, 0.25) is 0 Å². The molecule has 80 valence electrons. The van der Waals surface area contributed by atoms with Gasteiger partial charge in [0.15, 0.2) is 0 Å². The summed E-state index contributed by atoms with van der Waals surface area (Å²) in [4.78, 5) is 0. The van der Waals surface area contributed by atoms with Gasteiger partial charge in [-0.3, -0.25) is 0 Å². The first-order valence-electron chi connectivity index (χ1n) is 4.98. The van der Waals surface area contributed by atoms with Crippen molar-refractivity contribution in [3.05, 3.63) is 0 Å². The molecule has 1 nitrogen and oxygen atoms in total. The highest BCUT2D eigenvalue weighted by molar-refractivity contribution is 4.49. The van der Waals surface area contributed by atoms with Crippen LogP contribution >= 0.6 is 0 Å². The SMILES string of the molecule is CC(F)CCCOCCCC(C)F. The molecule has 0 radical (unpaired) electrons. The fourth-order valence-corrected chi connectivity index (χ4v) is 1.04. The number of hydrogen-bond donors (Lipinski definition) is 0. The number of ether oxygens (including phenoxy) is 1. The van der Waals surface area contributed by atoms with Gasteiger partial charge in [0.2, 0.25) is 0 Å². The van der Waals surface area contributed by atoms with Gasteiger partial charge in [-0.15, -0.1) is 0 Å². The lowest BCUT2D eigenvalue weighted by Crippen LogP contribution is -2.02. The molecule has 0 saturated carbocycles. The fraction of sp³-hybridized carbons (Fsp3) is 1.00. The average molecular weight is 194 g/mol. The first kappa shape index (κ1) is 12.8. The Balaban J connectivity index is 2.92.